The van der Waals surface area contributed by atoms with Gasteiger partial charge in [0.1, 0.15) is 0 Å². The molecule has 1 aromatic heterocycles. The highest BCUT2D eigenvalue weighted by atomic mass is 32.1. The second kappa shape index (κ2) is 7.45. The molecule has 0 radical (unpaired) electrons. The predicted octanol–water partition coefficient (Wildman–Crippen LogP) is 2.58. The van der Waals surface area contributed by atoms with E-state index in [1.165, 1.54) is 11.3 Å². The molecule has 1 unspecified atom stereocenters. The third-order valence-corrected chi connectivity index (χ3v) is 4.95. The quantitative estimate of drug-likeness (QED) is 0.853. The van der Waals surface area contributed by atoms with Gasteiger partial charge in [0.15, 0.2) is 0 Å². The van der Waals surface area contributed by atoms with E-state index in [9.17, 15) is 5.11 Å². The molecule has 1 aliphatic rings. The number of hydrogen-bond acceptors (Lipinski definition) is 5. The highest BCUT2D eigenvalue weighted by molar-refractivity contribution is 7.08. The summed E-state index contributed by atoms with van der Waals surface area (Å²) in [7, 11) is 0. The van der Waals surface area contributed by atoms with Crippen molar-refractivity contribution in [3.8, 4) is 0 Å². The maximum atomic E-state index is 10.6. The van der Waals surface area contributed by atoms with Crippen molar-refractivity contribution in [1.82, 2.24) is 5.32 Å². The zero-order valence-electron chi connectivity index (χ0n) is 13.5. The lowest BCUT2D eigenvalue weighted by atomic mass is 9.99. The molecule has 0 spiro atoms. The summed E-state index contributed by atoms with van der Waals surface area (Å²) in [6, 6.07) is 10.4. The first-order valence-corrected chi connectivity index (χ1v) is 8.97. The van der Waals surface area contributed by atoms with Crippen LogP contribution in [0.1, 0.15) is 18.1 Å². The number of rotatable bonds is 6. The second-order valence-electron chi connectivity index (χ2n) is 6.12. The molecule has 2 N–H and O–H groups in total. The van der Waals surface area contributed by atoms with Crippen LogP contribution < -0.4 is 10.2 Å². The molecule has 2 heterocycles. The van der Waals surface area contributed by atoms with Crippen LogP contribution in [0.15, 0.2) is 41.1 Å². The Balaban J connectivity index is 1.62. The van der Waals surface area contributed by atoms with Crippen LogP contribution in [0.25, 0.3) is 0 Å². The molecule has 3 rings (SSSR count). The summed E-state index contributed by atoms with van der Waals surface area (Å²) in [5.41, 5.74) is 2.65. The molecule has 23 heavy (non-hydrogen) atoms. The number of anilines is 1. The first-order chi connectivity index (χ1) is 11.2. The minimum absolute atomic E-state index is 0.529. The lowest BCUT2D eigenvalue weighted by Crippen LogP contribution is -2.38. The molecule has 0 aliphatic carbocycles. The Hall–Kier alpha value is -1.40. The van der Waals surface area contributed by atoms with E-state index in [1.54, 1.807) is 11.3 Å². The van der Waals surface area contributed by atoms with E-state index in [1.807, 2.05) is 23.8 Å². The third-order valence-electron chi connectivity index (χ3n) is 4.27. The van der Waals surface area contributed by atoms with E-state index < -0.39 is 5.60 Å². The van der Waals surface area contributed by atoms with Gasteiger partial charge in [-0.3, -0.25) is 0 Å². The van der Waals surface area contributed by atoms with E-state index >= 15 is 0 Å². The summed E-state index contributed by atoms with van der Waals surface area (Å²) in [5, 5.41) is 18.0. The molecule has 0 amide bonds. The van der Waals surface area contributed by atoms with E-state index in [-0.39, 0.29) is 0 Å². The van der Waals surface area contributed by atoms with Gasteiger partial charge in [-0.15, -0.1) is 0 Å². The number of para-hydroxylation sites is 1. The monoisotopic (exact) mass is 332 g/mol. The Morgan fingerprint density at radius 2 is 2.04 bits per heavy atom. The molecule has 1 atom stereocenters. The van der Waals surface area contributed by atoms with Crippen LogP contribution in [0, 0.1) is 0 Å². The lowest BCUT2D eigenvalue weighted by Gasteiger charge is -2.31. The molecule has 5 heteroatoms. The Morgan fingerprint density at radius 3 is 2.78 bits per heavy atom. The molecule has 2 aromatic rings. The fraction of sp³-hybridized carbons (Fsp3) is 0.444. The summed E-state index contributed by atoms with van der Waals surface area (Å²) in [5.74, 6) is 0. The molecular formula is C18H24N2O2S. The van der Waals surface area contributed by atoms with Crippen molar-refractivity contribution >= 4 is 17.0 Å². The SMILES string of the molecule is CC(O)(CNCc1ccccc1N1CCOCC1)c1ccsc1. The van der Waals surface area contributed by atoms with Gasteiger partial charge in [0.2, 0.25) is 0 Å². The summed E-state index contributed by atoms with van der Waals surface area (Å²) < 4.78 is 5.44. The van der Waals surface area contributed by atoms with E-state index in [0.29, 0.717) is 6.54 Å². The highest BCUT2D eigenvalue weighted by Crippen LogP contribution is 2.24. The molecule has 1 aliphatic heterocycles. The molecule has 1 aromatic carbocycles. The van der Waals surface area contributed by atoms with Crippen molar-refractivity contribution < 1.29 is 9.84 Å². The average Bonchev–Trinajstić information content (AvgIpc) is 3.11. The van der Waals surface area contributed by atoms with Gasteiger partial charge < -0.3 is 20.1 Å². The van der Waals surface area contributed by atoms with Gasteiger partial charge in [0.05, 0.1) is 18.8 Å². The largest absolute Gasteiger partial charge is 0.384 e. The summed E-state index contributed by atoms with van der Waals surface area (Å²) in [4.78, 5) is 2.37. The first-order valence-electron chi connectivity index (χ1n) is 8.03. The number of hydrogen-bond donors (Lipinski definition) is 2. The van der Waals surface area contributed by atoms with Crippen LogP contribution in [0.3, 0.4) is 0 Å². The molecule has 4 nitrogen and oxygen atoms in total. The second-order valence-corrected chi connectivity index (χ2v) is 6.90. The van der Waals surface area contributed by atoms with Gasteiger partial charge in [-0.1, -0.05) is 18.2 Å². The normalized spacial score (nSPS) is 17.9. The third kappa shape index (κ3) is 4.12. The number of aliphatic hydroxyl groups is 1. The Morgan fingerprint density at radius 1 is 1.26 bits per heavy atom. The van der Waals surface area contributed by atoms with Gasteiger partial charge in [-0.05, 0) is 40.9 Å². The standard InChI is InChI=1S/C18H24N2O2S/c1-18(21,16-6-11-23-13-16)14-19-12-15-4-2-3-5-17(15)20-7-9-22-10-8-20/h2-6,11,13,19,21H,7-10,12,14H2,1H3. The van der Waals surface area contributed by atoms with Crippen LogP contribution in [0.4, 0.5) is 5.69 Å². The molecule has 1 fully saturated rings. The molecule has 0 bridgehead atoms. The van der Waals surface area contributed by atoms with Crippen molar-refractivity contribution in [3.05, 3.63) is 52.2 Å². The predicted molar refractivity (Wildman–Crippen MR) is 95.1 cm³/mol. The van der Waals surface area contributed by atoms with Gasteiger partial charge in [-0.25, -0.2) is 0 Å². The minimum atomic E-state index is -0.839. The summed E-state index contributed by atoms with van der Waals surface area (Å²) in [6.45, 7) is 6.57. The Labute approximate surface area is 141 Å². The van der Waals surface area contributed by atoms with Crippen molar-refractivity contribution in [1.29, 1.82) is 0 Å². The zero-order chi connectivity index (χ0) is 16.1. The molecule has 0 saturated carbocycles. The summed E-state index contributed by atoms with van der Waals surface area (Å²) >= 11 is 1.61. The fourth-order valence-corrected chi connectivity index (χ4v) is 3.67. The number of morpholine rings is 1. The number of thiophene rings is 1. The van der Waals surface area contributed by atoms with E-state index in [0.717, 1.165) is 38.4 Å². The van der Waals surface area contributed by atoms with Gasteiger partial charge in [-0.2, -0.15) is 11.3 Å². The van der Waals surface area contributed by atoms with Crippen molar-refractivity contribution in [3.63, 3.8) is 0 Å². The maximum Gasteiger partial charge on any atom is 0.1000 e. The zero-order valence-corrected chi connectivity index (χ0v) is 14.3. The number of nitrogens with one attached hydrogen (secondary N) is 1. The van der Waals surface area contributed by atoms with Gasteiger partial charge in [0, 0.05) is 31.9 Å². The molecule has 1 saturated heterocycles. The van der Waals surface area contributed by atoms with Crippen molar-refractivity contribution in [2.75, 3.05) is 37.7 Å². The molecule has 124 valence electrons. The smallest absolute Gasteiger partial charge is 0.1000 e. The van der Waals surface area contributed by atoms with Crippen LogP contribution in [-0.4, -0.2) is 38.0 Å². The van der Waals surface area contributed by atoms with Gasteiger partial charge >= 0.3 is 0 Å². The fourth-order valence-electron chi connectivity index (χ4n) is 2.89. The minimum Gasteiger partial charge on any atom is -0.384 e. The lowest BCUT2D eigenvalue weighted by molar-refractivity contribution is 0.0571. The van der Waals surface area contributed by atoms with Crippen LogP contribution in [-0.2, 0) is 16.9 Å². The maximum absolute atomic E-state index is 10.6. The Bertz CT molecular complexity index is 607. The van der Waals surface area contributed by atoms with Crippen LogP contribution >= 0.6 is 11.3 Å². The Kier molecular flexibility index (Phi) is 5.33. The van der Waals surface area contributed by atoms with Crippen molar-refractivity contribution in [2.45, 2.75) is 19.1 Å². The topological polar surface area (TPSA) is 44.7 Å². The van der Waals surface area contributed by atoms with E-state index in [2.05, 4.69) is 34.5 Å². The number of ether oxygens (including phenoxy) is 1. The number of nitrogens with zero attached hydrogens (tertiary/aromatic N) is 1. The summed E-state index contributed by atoms with van der Waals surface area (Å²) in [6.07, 6.45) is 0. The van der Waals surface area contributed by atoms with Gasteiger partial charge in [0.25, 0.3) is 0 Å². The van der Waals surface area contributed by atoms with Crippen LogP contribution in [0.2, 0.25) is 0 Å². The van der Waals surface area contributed by atoms with E-state index in [4.69, 9.17) is 4.74 Å². The highest BCUT2D eigenvalue weighted by Gasteiger charge is 2.23. The molecular weight excluding hydrogens is 308 g/mol. The average molecular weight is 332 g/mol. The first kappa shape index (κ1) is 16.5. The van der Waals surface area contributed by atoms with Crippen molar-refractivity contribution in [2.24, 2.45) is 0 Å². The number of benzene rings is 1. The van der Waals surface area contributed by atoms with Crippen LogP contribution in [0.5, 0.6) is 0 Å².